The molecular formula is C12H20N4O. The molecule has 94 valence electrons. The van der Waals surface area contributed by atoms with E-state index in [0.717, 1.165) is 24.1 Å². The first-order valence-electron chi connectivity index (χ1n) is 5.82. The van der Waals surface area contributed by atoms with E-state index in [2.05, 4.69) is 10.3 Å². The third-order valence-corrected chi connectivity index (χ3v) is 2.58. The Bertz CT molecular complexity index is 367. The van der Waals surface area contributed by atoms with Crippen molar-refractivity contribution in [2.75, 3.05) is 11.9 Å². The van der Waals surface area contributed by atoms with Gasteiger partial charge in [0.1, 0.15) is 0 Å². The van der Waals surface area contributed by atoms with E-state index in [1.807, 2.05) is 6.92 Å². The van der Waals surface area contributed by atoms with Gasteiger partial charge in [0.05, 0.1) is 6.04 Å². The van der Waals surface area contributed by atoms with Crippen molar-refractivity contribution < 1.29 is 4.79 Å². The van der Waals surface area contributed by atoms with Crippen molar-refractivity contribution in [1.82, 2.24) is 4.98 Å². The molecule has 1 aromatic rings. The van der Waals surface area contributed by atoms with E-state index < -0.39 is 6.04 Å². The van der Waals surface area contributed by atoms with Crippen LogP contribution in [0.5, 0.6) is 0 Å². The van der Waals surface area contributed by atoms with Gasteiger partial charge in [-0.1, -0.05) is 6.42 Å². The van der Waals surface area contributed by atoms with E-state index in [1.165, 1.54) is 0 Å². The first-order chi connectivity index (χ1) is 8.15. The van der Waals surface area contributed by atoms with Gasteiger partial charge in [-0.05, 0) is 37.9 Å². The fourth-order valence-electron chi connectivity index (χ4n) is 1.48. The number of unbranched alkanes of at least 4 members (excludes halogenated alkanes) is 1. The molecule has 0 radical (unpaired) electrons. The predicted molar refractivity (Wildman–Crippen MR) is 68.5 cm³/mol. The van der Waals surface area contributed by atoms with Crippen molar-refractivity contribution in [3.8, 4) is 0 Å². The maximum Gasteiger partial charge on any atom is 0.241 e. The fraction of sp³-hybridized carbons (Fsp3) is 0.500. The number of pyridine rings is 1. The normalized spacial score (nSPS) is 12.2. The van der Waals surface area contributed by atoms with Gasteiger partial charge in [0.15, 0.2) is 0 Å². The molecule has 0 aliphatic heterocycles. The zero-order chi connectivity index (χ0) is 12.7. The van der Waals surface area contributed by atoms with Gasteiger partial charge in [0.2, 0.25) is 5.91 Å². The molecule has 0 spiro atoms. The highest BCUT2D eigenvalue weighted by molar-refractivity contribution is 5.95. The zero-order valence-corrected chi connectivity index (χ0v) is 10.1. The summed E-state index contributed by atoms with van der Waals surface area (Å²) in [6.45, 7) is 2.53. The van der Waals surface area contributed by atoms with Gasteiger partial charge in [0, 0.05) is 18.1 Å². The number of nitrogens with two attached hydrogens (primary N) is 2. The molecule has 0 aliphatic rings. The largest absolute Gasteiger partial charge is 0.330 e. The summed E-state index contributed by atoms with van der Waals surface area (Å²) in [7, 11) is 0. The number of aryl methyl sites for hydroxylation is 1. The SMILES string of the molecule is Cc1cnccc1NC(=O)[C@@H](N)CCCCN. The van der Waals surface area contributed by atoms with Crippen LogP contribution in [0.1, 0.15) is 24.8 Å². The summed E-state index contributed by atoms with van der Waals surface area (Å²) in [5, 5.41) is 2.80. The maximum absolute atomic E-state index is 11.8. The lowest BCUT2D eigenvalue weighted by Gasteiger charge is -2.13. The van der Waals surface area contributed by atoms with Gasteiger partial charge in [-0.2, -0.15) is 0 Å². The number of hydrogen-bond acceptors (Lipinski definition) is 4. The molecule has 5 N–H and O–H groups in total. The Morgan fingerprint density at radius 1 is 1.53 bits per heavy atom. The number of hydrogen-bond donors (Lipinski definition) is 3. The number of carbonyl (C=O) groups excluding carboxylic acids is 1. The minimum absolute atomic E-state index is 0.156. The summed E-state index contributed by atoms with van der Waals surface area (Å²) in [4.78, 5) is 15.7. The number of nitrogens with zero attached hydrogens (tertiary/aromatic N) is 1. The molecular weight excluding hydrogens is 216 g/mol. The highest BCUT2D eigenvalue weighted by Gasteiger charge is 2.13. The number of amides is 1. The molecule has 1 aromatic heterocycles. The average Bonchev–Trinajstić information content (AvgIpc) is 2.32. The fourth-order valence-corrected chi connectivity index (χ4v) is 1.48. The van der Waals surface area contributed by atoms with Crippen LogP contribution in [-0.4, -0.2) is 23.5 Å². The van der Waals surface area contributed by atoms with Crippen molar-refractivity contribution in [3.63, 3.8) is 0 Å². The second-order valence-corrected chi connectivity index (χ2v) is 4.07. The quantitative estimate of drug-likeness (QED) is 0.636. The monoisotopic (exact) mass is 236 g/mol. The second kappa shape index (κ2) is 6.98. The van der Waals surface area contributed by atoms with Crippen LogP contribution in [0.4, 0.5) is 5.69 Å². The molecule has 5 heteroatoms. The van der Waals surface area contributed by atoms with Crippen molar-refractivity contribution in [2.24, 2.45) is 11.5 Å². The van der Waals surface area contributed by atoms with E-state index in [-0.39, 0.29) is 5.91 Å². The summed E-state index contributed by atoms with van der Waals surface area (Å²) in [6.07, 6.45) is 5.78. The molecule has 1 atom stereocenters. The zero-order valence-electron chi connectivity index (χ0n) is 10.1. The van der Waals surface area contributed by atoms with Gasteiger partial charge in [0.25, 0.3) is 0 Å². The topological polar surface area (TPSA) is 94.0 Å². The Morgan fingerprint density at radius 3 is 2.94 bits per heavy atom. The van der Waals surface area contributed by atoms with Gasteiger partial charge in [-0.3, -0.25) is 9.78 Å². The van der Waals surface area contributed by atoms with Crippen LogP contribution in [0.25, 0.3) is 0 Å². The van der Waals surface area contributed by atoms with Crippen molar-refractivity contribution in [2.45, 2.75) is 32.2 Å². The van der Waals surface area contributed by atoms with Crippen molar-refractivity contribution >= 4 is 11.6 Å². The van der Waals surface area contributed by atoms with E-state index in [4.69, 9.17) is 11.5 Å². The Kier molecular flexibility index (Phi) is 5.59. The summed E-state index contributed by atoms with van der Waals surface area (Å²) < 4.78 is 0. The minimum atomic E-state index is -0.478. The molecule has 0 saturated carbocycles. The lowest BCUT2D eigenvalue weighted by atomic mass is 10.1. The smallest absolute Gasteiger partial charge is 0.241 e. The third-order valence-electron chi connectivity index (χ3n) is 2.58. The molecule has 1 amide bonds. The van der Waals surface area contributed by atoms with Crippen LogP contribution in [0.15, 0.2) is 18.5 Å². The van der Waals surface area contributed by atoms with E-state index in [0.29, 0.717) is 13.0 Å². The van der Waals surface area contributed by atoms with Crippen LogP contribution < -0.4 is 16.8 Å². The Morgan fingerprint density at radius 2 is 2.29 bits per heavy atom. The van der Waals surface area contributed by atoms with Gasteiger partial charge < -0.3 is 16.8 Å². The molecule has 0 unspecified atom stereocenters. The Hall–Kier alpha value is -1.46. The molecule has 5 nitrogen and oxygen atoms in total. The summed E-state index contributed by atoms with van der Waals surface area (Å²) in [5.41, 5.74) is 12.9. The summed E-state index contributed by atoms with van der Waals surface area (Å²) in [5.74, 6) is -0.156. The predicted octanol–water partition coefficient (Wildman–Crippen LogP) is 0.785. The number of aromatic nitrogens is 1. The molecule has 0 fully saturated rings. The van der Waals surface area contributed by atoms with E-state index in [1.54, 1.807) is 18.5 Å². The molecule has 1 heterocycles. The van der Waals surface area contributed by atoms with Crippen LogP contribution in [0.3, 0.4) is 0 Å². The Labute approximate surface area is 102 Å². The molecule has 17 heavy (non-hydrogen) atoms. The van der Waals surface area contributed by atoms with Crippen LogP contribution >= 0.6 is 0 Å². The average molecular weight is 236 g/mol. The highest BCUT2D eigenvalue weighted by atomic mass is 16.2. The van der Waals surface area contributed by atoms with Gasteiger partial charge >= 0.3 is 0 Å². The number of carbonyl (C=O) groups is 1. The number of anilines is 1. The van der Waals surface area contributed by atoms with Crippen LogP contribution in [0, 0.1) is 6.92 Å². The molecule has 1 rings (SSSR count). The van der Waals surface area contributed by atoms with Gasteiger partial charge in [-0.25, -0.2) is 0 Å². The van der Waals surface area contributed by atoms with E-state index >= 15 is 0 Å². The first kappa shape index (κ1) is 13.6. The summed E-state index contributed by atoms with van der Waals surface area (Å²) in [6, 6.07) is 1.29. The lowest BCUT2D eigenvalue weighted by Crippen LogP contribution is -2.35. The van der Waals surface area contributed by atoms with Crippen LogP contribution in [-0.2, 0) is 4.79 Å². The second-order valence-electron chi connectivity index (χ2n) is 4.07. The van der Waals surface area contributed by atoms with E-state index in [9.17, 15) is 4.79 Å². The first-order valence-corrected chi connectivity index (χ1v) is 5.82. The molecule has 0 saturated heterocycles. The van der Waals surface area contributed by atoms with Gasteiger partial charge in [-0.15, -0.1) is 0 Å². The van der Waals surface area contributed by atoms with Crippen LogP contribution in [0.2, 0.25) is 0 Å². The maximum atomic E-state index is 11.8. The van der Waals surface area contributed by atoms with Crippen molar-refractivity contribution in [3.05, 3.63) is 24.0 Å². The lowest BCUT2D eigenvalue weighted by molar-refractivity contribution is -0.117. The number of nitrogens with one attached hydrogen (secondary N) is 1. The Balaban J connectivity index is 2.46. The standard InChI is InChI=1S/C12H20N4O/c1-9-8-15-7-5-11(9)16-12(17)10(14)4-2-3-6-13/h5,7-8,10H,2-4,6,13-14H2,1H3,(H,15,16,17)/t10-/m0/s1. The highest BCUT2D eigenvalue weighted by Crippen LogP contribution is 2.12. The minimum Gasteiger partial charge on any atom is -0.330 e. The molecule has 0 bridgehead atoms. The molecule has 0 aliphatic carbocycles. The molecule has 0 aromatic carbocycles. The number of rotatable bonds is 6. The third kappa shape index (κ3) is 4.50. The summed E-state index contributed by atoms with van der Waals surface area (Å²) >= 11 is 0. The van der Waals surface area contributed by atoms with Crippen molar-refractivity contribution in [1.29, 1.82) is 0 Å².